The first-order valence-electron chi connectivity index (χ1n) is 4.30. The Kier molecular flexibility index (Phi) is 2.48. The van der Waals surface area contributed by atoms with E-state index in [9.17, 15) is 4.79 Å². The number of carbonyl (C=O) groups is 1. The number of Topliss-reactive ketones (excluding diaryl/α,β-unsaturated/α-hetero) is 1. The van der Waals surface area contributed by atoms with Gasteiger partial charge in [0.1, 0.15) is 5.78 Å². The molecule has 0 saturated heterocycles. The van der Waals surface area contributed by atoms with E-state index >= 15 is 0 Å². The summed E-state index contributed by atoms with van der Waals surface area (Å²) in [5, 5.41) is 0. The van der Waals surface area contributed by atoms with Gasteiger partial charge in [-0.05, 0) is 18.3 Å². The summed E-state index contributed by atoms with van der Waals surface area (Å²) in [4.78, 5) is 11.1. The highest BCUT2D eigenvalue weighted by molar-refractivity contribution is 5.78. The number of hydrogen-bond acceptors (Lipinski definition) is 1. The topological polar surface area (TPSA) is 17.1 Å². The van der Waals surface area contributed by atoms with Crippen LogP contribution >= 0.6 is 0 Å². The minimum absolute atomic E-state index is 0.232. The van der Waals surface area contributed by atoms with Gasteiger partial charge in [0.05, 0.1) is 0 Å². The van der Waals surface area contributed by atoms with E-state index in [2.05, 4.69) is 26.0 Å². The highest BCUT2D eigenvalue weighted by Crippen LogP contribution is 2.26. The molecule has 1 rings (SSSR count). The van der Waals surface area contributed by atoms with E-state index < -0.39 is 0 Å². The third kappa shape index (κ3) is 2.87. The van der Waals surface area contributed by atoms with Crippen molar-refractivity contribution in [2.45, 2.75) is 39.5 Å². The third-order valence-electron chi connectivity index (χ3n) is 2.21. The van der Waals surface area contributed by atoms with E-state index in [4.69, 9.17) is 0 Å². The SMILES string of the molecule is CC1(C)/C=C/CCC(=O)CC1. The average Bonchev–Trinajstić information content (AvgIpc) is 1.92. The zero-order valence-corrected chi connectivity index (χ0v) is 7.39. The summed E-state index contributed by atoms with van der Waals surface area (Å²) in [5.41, 5.74) is 0.232. The molecule has 0 heterocycles. The standard InChI is InChI=1S/C10H16O/c1-10(2)7-4-3-5-9(11)6-8-10/h4,7H,3,5-6,8H2,1-2H3/b7-4+. The molecule has 0 unspecified atom stereocenters. The summed E-state index contributed by atoms with van der Waals surface area (Å²) in [5.74, 6) is 0.419. The summed E-state index contributed by atoms with van der Waals surface area (Å²) in [7, 11) is 0. The van der Waals surface area contributed by atoms with Gasteiger partial charge >= 0.3 is 0 Å². The van der Waals surface area contributed by atoms with Gasteiger partial charge in [0.15, 0.2) is 0 Å². The third-order valence-corrected chi connectivity index (χ3v) is 2.21. The van der Waals surface area contributed by atoms with E-state index in [1.165, 1.54) is 0 Å². The molecule has 0 saturated carbocycles. The minimum Gasteiger partial charge on any atom is -0.300 e. The predicted octanol–water partition coefficient (Wildman–Crippen LogP) is 2.71. The molecule has 1 aliphatic carbocycles. The maximum Gasteiger partial charge on any atom is 0.133 e. The van der Waals surface area contributed by atoms with Crippen LogP contribution < -0.4 is 0 Å². The van der Waals surface area contributed by atoms with Crippen LogP contribution in [0.2, 0.25) is 0 Å². The molecule has 0 atom stereocenters. The molecule has 1 nitrogen and oxygen atoms in total. The number of hydrogen-bond donors (Lipinski definition) is 0. The van der Waals surface area contributed by atoms with Crippen LogP contribution in [0, 0.1) is 5.41 Å². The summed E-state index contributed by atoms with van der Waals surface area (Å²) in [6.07, 6.45) is 7.81. The van der Waals surface area contributed by atoms with Crippen LogP contribution in [-0.2, 0) is 4.79 Å². The zero-order valence-electron chi connectivity index (χ0n) is 7.39. The van der Waals surface area contributed by atoms with Crippen molar-refractivity contribution < 1.29 is 4.79 Å². The lowest BCUT2D eigenvalue weighted by atomic mass is 9.84. The zero-order chi connectivity index (χ0) is 8.32. The van der Waals surface area contributed by atoms with Crippen molar-refractivity contribution in [3.05, 3.63) is 12.2 Å². The first kappa shape index (κ1) is 8.51. The lowest BCUT2D eigenvalue weighted by Gasteiger charge is -2.21. The van der Waals surface area contributed by atoms with E-state index in [1.807, 2.05) is 0 Å². The van der Waals surface area contributed by atoms with Crippen molar-refractivity contribution in [2.24, 2.45) is 5.41 Å². The monoisotopic (exact) mass is 152 g/mol. The summed E-state index contributed by atoms with van der Waals surface area (Å²) >= 11 is 0. The molecule has 1 heteroatoms. The van der Waals surface area contributed by atoms with Crippen molar-refractivity contribution >= 4 is 5.78 Å². The second-order valence-corrected chi connectivity index (χ2v) is 3.97. The molecule has 1 aliphatic rings. The molecule has 11 heavy (non-hydrogen) atoms. The average molecular weight is 152 g/mol. The van der Waals surface area contributed by atoms with Gasteiger partial charge in [-0.1, -0.05) is 26.0 Å². The van der Waals surface area contributed by atoms with Crippen LogP contribution in [0.15, 0.2) is 12.2 Å². The normalized spacial score (nSPS) is 27.3. The maximum absolute atomic E-state index is 11.1. The smallest absolute Gasteiger partial charge is 0.133 e. The highest BCUT2D eigenvalue weighted by atomic mass is 16.1. The molecular formula is C10H16O. The quantitative estimate of drug-likeness (QED) is 0.488. The van der Waals surface area contributed by atoms with Crippen LogP contribution in [-0.4, -0.2) is 5.78 Å². The number of carbonyl (C=O) groups excluding carboxylic acids is 1. The van der Waals surface area contributed by atoms with E-state index in [0.29, 0.717) is 5.78 Å². The van der Waals surface area contributed by atoms with Crippen LogP contribution in [0.1, 0.15) is 39.5 Å². The van der Waals surface area contributed by atoms with Crippen LogP contribution in [0.25, 0.3) is 0 Å². The summed E-state index contributed by atoms with van der Waals surface area (Å²) in [6, 6.07) is 0. The molecule has 0 radical (unpaired) electrons. The molecule has 0 aromatic rings. The molecular weight excluding hydrogens is 136 g/mol. The fourth-order valence-corrected chi connectivity index (χ4v) is 1.32. The molecule has 0 N–H and O–H groups in total. The molecule has 62 valence electrons. The Morgan fingerprint density at radius 3 is 2.82 bits per heavy atom. The number of allylic oxidation sites excluding steroid dienone is 2. The Morgan fingerprint density at radius 2 is 2.09 bits per heavy atom. The minimum atomic E-state index is 0.232. The summed E-state index contributed by atoms with van der Waals surface area (Å²) < 4.78 is 0. The van der Waals surface area contributed by atoms with Gasteiger partial charge in [-0.15, -0.1) is 0 Å². The Labute approximate surface area is 68.5 Å². The van der Waals surface area contributed by atoms with Crippen molar-refractivity contribution in [3.8, 4) is 0 Å². The molecule has 0 fully saturated rings. The van der Waals surface area contributed by atoms with E-state index in [1.54, 1.807) is 0 Å². The van der Waals surface area contributed by atoms with Gasteiger partial charge in [-0.2, -0.15) is 0 Å². The largest absolute Gasteiger partial charge is 0.300 e. The first-order chi connectivity index (χ1) is 5.10. The Morgan fingerprint density at radius 1 is 1.36 bits per heavy atom. The highest BCUT2D eigenvalue weighted by Gasteiger charge is 2.17. The molecule has 0 amide bonds. The second-order valence-electron chi connectivity index (χ2n) is 3.97. The second kappa shape index (κ2) is 3.21. The van der Waals surface area contributed by atoms with Gasteiger partial charge in [0.2, 0.25) is 0 Å². The van der Waals surface area contributed by atoms with Crippen LogP contribution in [0.4, 0.5) is 0 Å². The Bertz CT molecular complexity index is 177. The molecule has 0 aliphatic heterocycles. The van der Waals surface area contributed by atoms with E-state index in [0.717, 1.165) is 25.7 Å². The van der Waals surface area contributed by atoms with E-state index in [-0.39, 0.29) is 5.41 Å². The molecule has 0 aromatic carbocycles. The van der Waals surface area contributed by atoms with Crippen molar-refractivity contribution in [1.29, 1.82) is 0 Å². The van der Waals surface area contributed by atoms with Gasteiger partial charge in [-0.25, -0.2) is 0 Å². The fourth-order valence-electron chi connectivity index (χ4n) is 1.32. The Balaban J connectivity index is 2.60. The fraction of sp³-hybridized carbons (Fsp3) is 0.700. The lowest BCUT2D eigenvalue weighted by Crippen LogP contribution is -2.12. The van der Waals surface area contributed by atoms with Gasteiger partial charge in [-0.3, -0.25) is 4.79 Å². The van der Waals surface area contributed by atoms with Crippen molar-refractivity contribution in [2.75, 3.05) is 0 Å². The Hall–Kier alpha value is -0.590. The summed E-state index contributed by atoms with van der Waals surface area (Å²) in [6.45, 7) is 4.37. The molecule has 0 bridgehead atoms. The van der Waals surface area contributed by atoms with Crippen LogP contribution in [0.3, 0.4) is 0 Å². The number of ketones is 1. The predicted molar refractivity (Wildman–Crippen MR) is 46.4 cm³/mol. The van der Waals surface area contributed by atoms with Crippen LogP contribution in [0.5, 0.6) is 0 Å². The maximum atomic E-state index is 11.1. The van der Waals surface area contributed by atoms with Crippen molar-refractivity contribution in [3.63, 3.8) is 0 Å². The van der Waals surface area contributed by atoms with Crippen molar-refractivity contribution in [1.82, 2.24) is 0 Å². The first-order valence-corrected chi connectivity index (χ1v) is 4.30. The number of rotatable bonds is 0. The molecule has 0 aromatic heterocycles. The molecule has 0 spiro atoms. The van der Waals surface area contributed by atoms with Gasteiger partial charge in [0, 0.05) is 12.8 Å². The van der Waals surface area contributed by atoms with Gasteiger partial charge in [0.25, 0.3) is 0 Å². The van der Waals surface area contributed by atoms with Gasteiger partial charge < -0.3 is 0 Å². The lowest BCUT2D eigenvalue weighted by molar-refractivity contribution is -0.119.